The zero-order valence-electron chi connectivity index (χ0n) is 22.1. The Labute approximate surface area is 214 Å². The lowest BCUT2D eigenvalue weighted by Crippen LogP contribution is -2.61. The highest BCUT2D eigenvalue weighted by molar-refractivity contribution is 6.00. The molecule has 4 aliphatic heterocycles. The Kier molecular flexibility index (Phi) is 6.56. The van der Waals surface area contributed by atoms with Gasteiger partial charge in [0.25, 0.3) is 0 Å². The average molecular weight is 500 g/mol. The quantitative estimate of drug-likeness (QED) is 0.586. The summed E-state index contributed by atoms with van der Waals surface area (Å²) in [6.45, 7) is 6.58. The Balaban J connectivity index is 1.66. The summed E-state index contributed by atoms with van der Waals surface area (Å²) in [6, 6.07) is -1.30. The van der Waals surface area contributed by atoms with E-state index >= 15 is 0 Å². The number of amides is 3. The van der Waals surface area contributed by atoms with Crippen LogP contribution >= 0.6 is 0 Å². The fourth-order valence-corrected chi connectivity index (χ4v) is 7.49. The molecule has 0 radical (unpaired) electrons. The second kappa shape index (κ2) is 9.28. The summed E-state index contributed by atoms with van der Waals surface area (Å²) in [5.41, 5.74) is -2.25. The van der Waals surface area contributed by atoms with Crippen LogP contribution in [0.2, 0.25) is 0 Å². The summed E-state index contributed by atoms with van der Waals surface area (Å²) < 4.78 is 6.85. The zero-order chi connectivity index (χ0) is 25.8. The highest BCUT2D eigenvalue weighted by Gasteiger charge is 2.75. The third-order valence-electron chi connectivity index (χ3n) is 9.59. The molecular weight excluding hydrogens is 458 g/mol. The van der Waals surface area contributed by atoms with Gasteiger partial charge in [0.15, 0.2) is 0 Å². The first-order valence-corrected chi connectivity index (χ1v) is 13.7. The first-order chi connectivity index (χ1) is 17.2. The minimum Gasteiger partial charge on any atom is -0.394 e. The van der Waals surface area contributed by atoms with Crippen LogP contribution in [0.5, 0.6) is 0 Å². The first kappa shape index (κ1) is 25.5. The monoisotopic (exact) mass is 499 g/mol. The molecule has 36 heavy (non-hydrogen) atoms. The molecule has 0 aromatic heterocycles. The second-order valence-electron chi connectivity index (χ2n) is 11.7. The fraction of sp³-hybridized carbons (Fsp3) is 0.750. The Morgan fingerprint density at radius 3 is 2.39 bits per heavy atom. The molecule has 5 rings (SSSR count). The molecule has 0 aromatic rings. The number of aliphatic hydroxyl groups is 1. The average Bonchev–Trinajstić information content (AvgIpc) is 3.15. The molecule has 3 fully saturated rings. The van der Waals surface area contributed by atoms with Gasteiger partial charge in [-0.1, -0.05) is 63.8 Å². The van der Waals surface area contributed by atoms with E-state index in [1.807, 2.05) is 50.0 Å². The van der Waals surface area contributed by atoms with Crippen LogP contribution < -0.4 is 0 Å². The predicted octanol–water partition coefficient (Wildman–Crippen LogP) is 2.12. The number of rotatable bonds is 5. The van der Waals surface area contributed by atoms with Crippen molar-refractivity contribution in [2.75, 3.05) is 26.7 Å². The number of nitrogens with zero attached hydrogens (tertiary/aromatic N) is 3. The van der Waals surface area contributed by atoms with Gasteiger partial charge in [0, 0.05) is 26.2 Å². The summed E-state index contributed by atoms with van der Waals surface area (Å²) in [7, 11) is 1.74. The predicted molar refractivity (Wildman–Crippen MR) is 135 cm³/mol. The van der Waals surface area contributed by atoms with E-state index in [4.69, 9.17) is 4.74 Å². The lowest BCUT2D eigenvalue weighted by molar-refractivity contribution is -0.158. The van der Waals surface area contributed by atoms with Crippen molar-refractivity contribution in [1.29, 1.82) is 0 Å². The number of aliphatic hydroxyl groups excluding tert-OH is 1. The maximum atomic E-state index is 14.5. The Morgan fingerprint density at radius 1 is 1.03 bits per heavy atom. The molecule has 8 nitrogen and oxygen atoms in total. The smallest absolute Gasteiger partial charge is 0.249 e. The Hall–Kier alpha value is -2.19. The summed E-state index contributed by atoms with van der Waals surface area (Å²) in [5.74, 6) is -2.09. The minimum atomic E-state index is -1.25. The van der Waals surface area contributed by atoms with E-state index < -0.39 is 35.1 Å². The van der Waals surface area contributed by atoms with Crippen LogP contribution in [0, 0.1) is 17.8 Å². The van der Waals surface area contributed by atoms with E-state index in [1.165, 1.54) is 6.42 Å². The topological polar surface area (TPSA) is 90.4 Å². The van der Waals surface area contributed by atoms with Crippen LogP contribution in [-0.2, 0) is 19.1 Å². The van der Waals surface area contributed by atoms with E-state index in [9.17, 15) is 19.5 Å². The molecule has 7 atom stereocenters. The number of hydrogen-bond donors (Lipinski definition) is 1. The second-order valence-corrected chi connectivity index (χ2v) is 11.7. The maximum absolute atomic E-state index is 14.5. The highest BCUT2D eigenvalue weighted by Crippen LogP contribution is 2.58. The maximum Gasteiger partial charge on any atom is 0.249 e. The number of likely N-dealkylation sites (tertiary alicyclic amines) is 1. The van der Waals surface area contributed by atoms with Gasteiger partial charge in [-0.25, -0.2) is 0 Å². The molecule has 1 spiro atoms. The van der Waals surface area contributed by atoms with E-state index in [2.05, 4.69) is 0 Å². The molecule has 1 unspecified atom stereocenters. The van der Waals surface area contributed by atoms with Gasteiger partial charge < -0.3 is 24.5 Å². The van der Waals surface area contributed by atoms with Crippen molar-refractivity contribution < 1.29 is 24.2 Å². The lowest BCUT2D eigenvalue weighted by atomic mass is 9.74. The van der Waals surface area contributed by atoms with Crippen molar-refractivity contribution in [3.8, 4) is 0 Å². The molecule has 0 bridgehead atoms. The van der Waals surface area contributed by atoms with Crippen molar-refractivity contribution in [3.05, 3.63) is 24.3 Å². The van der Waals surface area contributed by atoms with Gasteiger partial charge in [-0.15, -0.1) is 0 Å². The summed E-state index contributed by atoms with van der Waals surface area (Å²) in [6.07, 6.45) is 13.7. The summed E-state index contributed by atoms with van der Waals surface area (Å²) >= 11 is 0. The van der Waals surface area contributed by atoms with Gasteiger partial charge >= 0.3 is 0 Å². The molecule has 198 valence electrons. The summed E-state index contributed by atoms with van der Waals surface area (Å²) in [4.78, 5) is 47.8. The third kappa shape index (κ3) is 3.58. The molecule has 0 aromatic carbocycles. The molecule has 1 saturated carbocycles. The van der Waals surface area contributed by atoms with Gasteiger partial charge in [-0.3, -0.25) is 14.4 Å². The zero-order valence-corrected chi connectivity index (χ0v) is 22.1. The number of likely N-dealkylation sites (N-methyl/N-ethyl adjacent to an activating group) is 1. The third-order valence-corrected chi connectivity index (χ3v) is 9.59. The molecule has 5 aliphatic rings. The first-order valence-electron chi connectivity index (χ1n) is 13.7. The van der Waals surface area contributed by atoms with Crippen molar-refractivity contribution in [2.45, 2.75) is 88.6 Å². The standard InChI is InChI=1S/C28H41N3O5/c1-5-18(2)20(17-32)31-23-26(35)30(19-11-7-6-8-12-19)16-10-14-28(23)22(25(31)34)21-24(33)29(4)15-9-13-27(21,3)36-28/h9-10,13-14,18-23,32H,5-8,11-12,15-17H2,1-4H3/t18-,20-,21+,22-,23?,27-,28-/m0/s1. The molecule has 3 amide bonds. The summed E-state index contributed by atoms with van der Waals surface area (Å²) in [5, 5.41) is 10.5. The van der Waals surface area contributed by atoms with Gasteiger partial charge in [-0.2, -0.15) is 0 Å². The van der Waals surface area contributed by atoms with Gasteiger partial charge in [-0.05, 0) is 25.7 Å². The highest BCUT2D eigenvalue weighted by atomic mass is 16.5. The Morgan fingerprint density at radius 2 is 1.72 bits per heavy atom. The largest absolute Gasteiger partial charge is 0.394 e. The van der Waals surface area contributed by atoms with Crippen LogP contribution in [0.1, 0.15) is 59.3 Å². The Bertz CT molecular complexity index is 974. The number of carbonyl (C=O) groups excluding carboxylic acids is 3. The van der Waals surface area contributed by atoms with Crippen LogP contribution in [0.3, 0.4) is 0 Å². The van der Waals surface area contributed by atoms with Gasteiger partial charge in [0.05, 0.1) is 30.1 Å². The van der Waals surface area contributed by atoms with Crippen molar-refractivity contribution >= 4 is 17.7 Å². The van der Waals surface area contributed by atoms with Crippen molar-refractivity contribution in [3.63, 3.8) is 0 Å². The molecule has 1 N–H and O–H groups in total. The fourth-order valence-electron chi connectivity index (χ4n) is 7.49. The SMILES string of the molecule is CC[C@H](C)[C@H](CO)N1C(=O)[C@@H]2[C@@H]3C(=O)N(C)CC=C[C@]3(C)O[C@@]23C=CCN(C2CCCCC2)C(=O)C13. The lowest BCUT2D eigenvalue weighted by Gasteiger charge is -2.43. The molecular formula is C28H41N3O5. The van der Waals surface area contributed by atoms with Crippen LogP contribution in [0.25, 0.3) is 0 Å². The molecule has 4 heterocycles. The number of carbonyl (C=O) groups is 3. The minimum absolute atomic E-state index is 0.0169. The van der Waals surface area contributed by atoms with Crippen molar-refractivity contribution in [1.82, 2.24) is 14.7 Å². The molecule has 1 aliphatic carbocycles. The van der Waals surface area contributed by atoms with E-state index in [0.717, 1.165) is 32.1 Å². The van der Waals surface area contributed by atoms with Crippen LogP contribution in [-0.4, -0.2) is 93.6 Å². The number of hydrogen-bond acceptors (Lipinski definition) is 5. The molecule has 8 heteroatoms. The van der Waals surface area contributed by atoms with E-state index in [0.29, 0.717) is 13.1 Å². The molecule has 2 saturated heterocycles. The van der Waals surface area contributed by atoms with Crippen molar-refractivity contribution in [2.24, 2.45) is 17.8 Å². The van der Waals surface area contributed by atoms with E-state index in [1.54, 1.807) is 16.8 Å². The van der Waals surface area contributed by atoms with Gasteiger partial charge in [0.1, 0.15) is 11.6 Å². The van der Waals surface area contributed by atoms with Crippen LogP contribution in [0.15, 0.2) is 24.3 Å². The van der Waals surface area contributed by atoms with Gasteiger partial charge in [0.2, 0.25) is 17.7 Å². The van der Waals surface area contributed by atoms with E-state index in [-0.39, 0.29) is 36.3 Å². The number of ether oxygens (including phenoxy) is 1. The number of fused-ring (bicyclic) bond motifs is 2. The van der Waals surface area contributed by atoms with Crippen LogP contribution in [0.4, 0.5) is 0 Å². The normalized spacial score (nSPS) is 38.5.